The lowest BCUT2D eigenvalue weighted by molar-refractivity contribution is 0.0946. The summed E-state index contributed by atoms with van der Waals surface area (Å²) in [4.78, 5) is 23.7. The molecular formula is C22H25N5O2. The number of rotatable bonds is 7. The van der Waals surface area contributed by atoms with Crippen LogP contribution in [0.2, 0.25) is 0 Å². The molecule has 0 radical (unpaired) electrons. The van der Waals surface area contributed by atoms with Crippen LogP contribution < -0.4 is 10.2 Å². The standard InChI is InChI=1S/C22H25N5O2/c1-2-6-17-13-18(29-26-17)15-25-22(28)16-9-10-21(24-14-16)27-12-5-8-20(27)19-7-3-4-11-23-19/h3-4,7,9-11,13-14,20H,2,5-6,8,12,15H2,1H3,(H,25,28). The second kappa shape index (κ2) is 8.86. The largest absolute Gasteiger partial charge is 0.359 e. The number of aromatic nitrogens is 3. The van der Waals surface area contributed by atoms with Gasteiger partial charge in [-0.15, -0.1) is 0 Å². The summed E-state index contributed by atoms with van der Waals surface area (Å²) in [6.07, 6.45) is 7.49. The molecule has 4 rings (SSSR count). The third-order valence-corrected chi connectivity index (χ3v) is 5.12. The van der Waals surface area contributed by atoms with E-state index < -0.39 is 0 Å². The summed E-state index contributed by atoms with van der Waals surface area (Å²) in [5.74, 6) is 1.34. The van der Waals surface area contributed by atoms with Gasteiger partial charge in [-0.1, -0.05) is 24.6 Å². The molecule has 1 amide bonds. The van der Waals surface area contributed by atoms with Gasteiger partial charge in [-0.05, 0) is 43.5 Å². The molecule has 0 spiro atoms. The lowest BCUT2D eigenvalue weighted by Crippen LogP contribution is -2.25. The Morgan fingerprint density at radius 1 is 1.28 bits per heavy atom. The van der Waals surface area contributed by atoms with Crippen molar-refractivity contribution in [1.29, 1.82) is 0 Å². The van der Waals surface area contributed by atoms with E-state index in [1.165, 1.54) is 0 Å². The summed E-state index contributed by atoms with van der Waals surface area (Å²) in [6, 6.07) is 11.8. The van der Waals surface area contributed by atoms with Crippen molar-refractivity contribution in [2.45, 2.75) is 45.2 Å². The van der Waals surface area contributed by atoms with Gasteiger partial charge in [-0.2, -0.15) is 0 Å². The van der Waals surface area contributed by atoms with Crippen LogP contribution in [0.1, 0.15) is 59.7 Å². The zero-order chi connectivity index (χ0) is 20.1. The average Bonchev–Trinajstić information content (AvgIpc) is 3.43. The first-order valence-corrected chi connectivity index (χ1v) is 10.1. The smallest absolute Gasteiger partial charge is 0.253 e. The van der Waals surface area contributed by atoms with Gasteiger partial charge in [0, 0.05) is 25.0 Å². The maximum Gasteiger partial charge on any atom is 0.253 e. The first-order chi connectivity index (χ1) is 14.2. The topological polar surface area (TPSA) is 84.2 Å². The third kappa shape index (κ3) is 4.45. The van der Waals surface area contributed by atoms with Gasteiger partial charge >= 0.3 is 0 Å². The van der Waals surface area contributed by atoms with Crippen molar-refractivity contribution < 1.29 is 9.32 Å². The highest BCUT2D eigenvalue weighted by atomic mass is 16.5. The van der Waals surface area contributed by atoms with Gasteiger partial charge in [0.15, 0.2) is 5.76 Å². The van der Waals surface area contributed by atoms with Gasteiger partial charge in [-0.3, -0.25) is 9.78 Å². The molecule has 29 heavy (non-hydrogen) atoms. The van der Waals surface area contributed by atoms with Crippen molar-refractivity contribution in [2.24, 2.45) is 0 Å². The van der Waals surface area contributed by atoms with Gasteiger partial charge in [0.2, 0.25) is 0 Å². The van der Waals surface area contributed by atoms with Crippen LogP contribution in [0.5, 0.6) is 0 Å². The fourth-order valence-corrected chi connectivity index (χ4v) is 3.69. The average molecular weight is 391 g/mol. The van der Waals surface area contributed by atoms with E-state index in [1.54, 1.807) is 6.20 Å². The number of nitrogens with zero attached hydrogens (tertiary/aromatic N) is 4. The highest BCUT2D eigenvalue weighted by Gasteiger charge is 2.28. The fraction of sp³-hybridized carbons (Fsp3) is 0.364. The van der Waals surface area contributed by atoms with E-state index in [0.717, 1.165) is 49.4 Å². The summed E-state index contributed by atoms with van der Waals surface area (Å²) in [6.45, 7) is 3.34. The summed E-state index contributed by atoms with van der Waals surface area (Å²) >= 11 is 0. The Bertz CT molecular complexity index is 939. The number of amides is 1. The quantitative estimate of drug-likeness (QED) is 0.661. The van der Waals surface area contributed by atoms with Crippen LogP contribution in [0.4, 0.5) is 5.82 Å². The molecule has 1 aliphatic rings. The Kier molecular flexibility index (Phi) is 5.84. The van der Waals surface area contributed by atoms with Crippen LogP contribution in [-0.2, 0) is 13.0 Å². The van der Waals surface area contributed by atoms with Crippen LogP contribution in [-0.4, -0.2) is 27.6 Å². The molecule has 150 valence electrons. The molecule has 3 aromatic rings. The molecule has 1 aliphatic heterocycles. The molecular weight excluding hydrogens is 366 g/mol. The minimum atomic E-state index is -0.180. The van der Waals surface area contributed by atoms with E-state index in [-0.39, 0.29) is 11.9 Å². The third-order valence-electron chi connectivity index (χ3n) is 5.12. The van der Waals surface area contributed by atoms with Crippen molar-refractivity contribution in [3.63, 3.8) is 0 Å². The van der Waals surface area contributed by atoms with Crippen molar-refractivity contribution >= 4 is 11.7 Å². The Balaban J connectivity index is 1.38. The molecule has 1 fully saturated rings. The van der Waals surface area contributed by atoms with Gasteiger partial charge < -0.3 is 14.7 Å². The Morgan fingerprint density at radius 2 is 2.21 bits per heavy atom. The number of nitrogens with one attached hydrogen (secondary N) is 1. The van der Waals surface area contributed by atoms with Crippen molar-refractivity contribution in [1.82, 2.24) is 20.4 Å². The van der Waals surface area contributed by atoms with E-state index in [0.29, 0.717) is 17.9 Å². The molecule has 0 aromatic carbocycles. The summed E-state index contributed by atoms with van der Waals surface area (Å²) in [7, 11) is 0. The van der Waals surface area contributed by atoms with Gasteiger partial charge in [-0.25, -0.2) is 4.98 Å². The number of hydrogen-bond acceptors (Lipinski definition) is 6. The molecule has 1 unspecified atom stereocenters. The van der Waals surface area contributed by atoms with E-state index >= 15 is 0 Å². The molecule has 0 aliphatic carbocycles. The zero-order valence-corrected chi connectivity index (χ0v) is 16.5. The first kappa shape index (κ1) is 19.1. The molecule has 0 bridgehead atoms. The number of pyridine rings is 2. The SMILES string of the molecule is CCCc1cc(CNC(=O)c2ccc(N3CCCC3c3ccccn3)nc2)on1. The molecule has 1 saturated heterocycles. The molecule has 7 nitrogen and oxygen atoms in total. The van der Waals surface area contributed by atoms with Crippen LogP contribution in [0.3, 0.4) is 0 Å². The molecule has 1 N–H and O–H groups in total. The minimum Gasteiger partial charge on any atom is -0.359 e. The number of aryl methyl sites for hydroxylation is 1. The molecule has 7 heteroatoms. The number of carbonyl (C=O) groups is 1. The van der Waals surface area contributed by atoms with Crippen LogP contribution >= 0.6 is 0 Å². The van der Waals surface area contributed by atoms with Gasteiger partial charge in [0.25, 0.3) is 5.91 Å². The number of anilines is 1. The van der Waals surface area contributed by atoms with Crippen molar-refractivity contribution in [3.05, 3.63) is 71.5 Å². The van der Waals surface area contributed by atoms with E-state index in [1.807, 2.05) is 36.5 Å². The zero-order valence-electron chi connectivity index (χ0n) is 16.5. The van der Waals surface area contributed by atoms with E-state index in [2.05, 4.69) is 38.3 Å². The maximum atomic E-state index is 12.4. The Morgan fingerprint density at radius 3 is 2.97 bits per heavy atom. The second-order valence-corrected chi connectivity index (χ2v) is 7.23. The normalized spacial score (nSPS) is 16.2. The predicted octanol–water partition coefficient (Wildman–Crippen LogP) is 3.69. The lowest BCUT2D eigenvalue weighted by atomic mass is 10.1. The Labute approximate surface area is 170 Å². The first-order valence-electron chi connectivity index (χ1n) is 10.1. The molecule has 3 aromatic heterocycles. The van der Waals surface area contributed by atoms with E-state index in [9.17, 15) is 4.79 Å². The molecule has 1 atom stereocenters. The molecule has 4 heterocycles. The number of carbonyl (C=O) groups excluding carboxylic acids is 1. The molecule has 0 saturated carbocycles. The minimum absolute atomic E-state index is 0.180. The van der Waals surface area contributed by atoms with Crippen molar-refractivity contribution in [2.75, 3.05) is 11.4 Å². The monoisotopic (exact) mass is 391 g/mol. The Hall–Kier alpha value is -3.22. The van der Waals surface area contributed by atoms with Gasteiger partial charge in [0.05, 0.1) is 29.5 Å². The highest BCUT2D eigenvalue weighted by Crippen LogP contribution is 2.34. The summed E-state index contributed by atoms with van der Waals surface area (Å²) < 4.78 is 5.25. The maximum absolute atomic E-state index is 12.4. The van der Waals surface area contributed by atoms with Crippen LogP contribution in [0, 0.1) is 0 Å². The van der Waals surface area contributed by atoms with Crippen LogP contribution in [0.15, 0.2) is 53.3 Å². The van der Waals surface area contributed by atoms with E-state index in [4.69, 9.17) is 4.52 Å². The summed E-state index contributed by atoms with van der Waals surface area (Å²) in [5, 5.41) is 6.85. The highest BCUT2D eigenvalue weighted by molar-refractivity contribution is 5.94. The summed E-state index contributed by atoms with van der Waals surface area (Å²) in [5.41, 5.74) is 2.49. The van der Waals surface area contributed by atoms with Gasteiger partial charge in [0.1, 0.15) is 5.82 Å². The van der Waals surface area contributed by atoms with Crippen molar-refractivity contribution in [3.8, 4) is 0 Å². The predicted molar refractivity (Wildman–Crippen MR) is 109 cm³/mol. The second-order valence-electron chi connectivity index (χ2n) is 7.23. The fourth-order valence-electron chi connectivity index (χ4n) is 3.69. The number of hydrogen-bond donors (Lipinski definition) is 1. The lowest BCUT2D eigenvalue weighted by Gasteiger charge is -2.25. The van der Waals surface area contributed by atoms with Crippen LogP contribution in [0.25, 0.3) is 0 Å².